The number of nitrogens with one attached hydrogen (secondary N) is 1. The van der Waals surface area contributed by atoms with Crippen LogP contribution in [0, 0.1) is 12.7 Å². The van der Waals surface area contributed by atoms with E-state index in [1.165, 1.54) is 23.5 Å². The highest BCUT2D eigenvalue weighted by atomic mass is 35.5. The Morgan fingerprint density at radius 1 is 1.12 bits per heavy atom. The Balaban J connectivity index is 1.42. The van der Waals surface area contributed by atoms with Crippen LogP contribution in [0.1, 0.15) is 44.1 Å². The second-order valence-corrected chi connectivity index (χ2v) is 9.81. The molecule has 174 valence electrons. The first-order valence-corrected chi connectivity index (χ1v) is 12.2. The average Bonchev–Trinajstić information content (AvgIpc) is 3.55. The third-order valence-electron chi connectivity index (χ3n) is 5.93. The maximum atomic E-state index is 13.2. The number of anilines is 1. The third kappa shape index (κ3) is 4.43. The summed E-state index contributed by atoms with van der Waals surface area (Å²) in [4.78, 5) is 29.3. The van der Waals surface area contributed by atoms with Crippen LogP contribution in [0.4, 0.5) is 10.1 Å². The van der Waals surface area contributed by atoms with Gasteiger partial charge in [0.25, 0.3) is 11.8 Å². The van der Waals surface area contributed by atoms with E-state index in [9.17, 15) is 14.0 Å². The molecule has 2 aromatic heterocycles. The molecule has 0 saturated carbocycles. The maximum Gasteiger partial charge on any atom is 0.265 e. The van der Waals surface area contributed by atoms with Crippen LogP contribution in [0.2, 0.25) is 5.02 Å². The summed E-state index contributed by atoms with van der Waals surface area (Å²) in [5.74, 6) is -0.706. The number of hydrogen-bond donors (Lipinski definition) is 1. The highest BCUT2D eigenvalue weighted by Crippen LogP contribution is 2.31. The van der Waals surface area contributed by atoms with Crippen molar-refractivity contribution < 1.29 is 14.0 Å². The van der Waals surface area contributed by atoms with E-state index in [1.54, 1.807) is 35.2 Å². The smallest absolute Gasteiger partial charge is 0.265 e. The normalized spacial score (nSPS) is 13.6. The van der Waals surface area contributed by atoms with E-state index in [2.05, 4.69) is 10.4 Å². The fraction of sp³-hybridized carbons (Fsp3) is 0.240. The average molecular weight is 497 g/mol. The van der Waals surface area contributed by atoms with E-state index in [0.717, 1.165) is 47.4 Å². The van der Waals surface area contributed by atoms with E-state index in [0.29, 0.717) is 27.7 Å². The van der Waals surface area contributed by atoms with Gasteiger partial charge in [-0.15, -0.1) is 11.3 Å². The van der Waals surface area contributed by atoms with Crippen LogP contribution in [0.25, 0.3) is 10.2 Å². The highest BCUT2D eigenvalue weighted by Gasteiger charge is 2.24. The van der Waals surface area contributed by atoms with Crippen LogP contribution in [-0.2, 0) is 6.54 Å². The molecule has 0 aliphatic carbocycles. The van der Waals surface area contributed by atoms with Gasteiger partial charge in [-0.2, -0.15) is 5.10 Å². The standard InChI is InChI=1S/C25H22ClFN4O2S/c1-15-20-13-22(34-25(20)31(29-15)14-16-4-7-18(27)8-5-16)23(32)28-21-12-17(26)6-9-19(21)24(33)30-10-2-3-11-30/h4-9,12-13H,2-3,10-11,14H2,1H3,(H,28,32). The van der Waals surface area contributed by atoms with Gasteiger partial charge in [-0.1, -0.05) is 23.7 Å². The molecule has 0 radical (unpaired) electrons. The molecule has 1 N–H and O–H groups in total. The van der Waals surface area contributed by atoms with E-state index >= 15 is 0 Å². The first-order valence-electron chi connectivity index (χ1n) is 11.0. The van der Waals surface area contributed by atoms with E-state index in [1.807, 2.05) is 17.7 Å². The molecule has 2 aromatic carbocycles. The number of halogens is 2. The van der Waals surface area contributed by atoms with Gasteiger partial charge in [0.2, 0.25) is 0 Å². The lowest BCUT2D eigenvalue weighted by atomic mass is 10.1. The van der Waals surface area contributed by atoms with Crippen LogP contribution in [0.15, 0.2) is 48.5 Å². The van der Waals surface area contributed by atoms with Crippen molar-refractivity contribution in [2.75, 3.05) is 18.4 Å². The molecule has 9 heteroatoms. The van der Waals surface area contributed by atoms with E-state index in [4.69, 9.17) is 11.6 Å². The van der Waals surface area contributed by atoms with Crippen molar-refractivity contribution in [1.82, 2.24) is 14.7 Å². The largest absolute Gasteiger partial charge is 0.339 e. The molecule has 1 aliphatic heterocycles. The van der Waals surface area contributed by atoms with Gasteiger partial charge in [-0.05, 0) is 61.7 Å². The van der Waals surface area contributed by atoms with Crippen molar-refractivity contribution in [1.29, 1.82) is 0 Å². The van der Waals surface area contributed by atoms with Gasteiger partial charge < -0.3 is 10.2 Å². The predicted molar refractivity (Wildman–Crippen MR) is 132 cm³/mol. The Kier molecular flexibility index (Phi) is 6.10. The van der Waals surface area contributed by atoms with Gasteiger partial charge in [-0.25, -0.2) is 4.39 Å². The van der Waals surface area contributed by atoms with Crippen molar-refractivity contribution in [3.8, 4) is 0 Å². The molecule has 5 rings (SSSR count). The number of rotatable bonds is 5. The lowest BCUT2D eigenvalue weighted by molar-refractivity contribution is 0.0794. The topological polar surface area (TPSA) is 67.2 Å². The zero-order valence-electron chi connectivity index (χ0n) is 18.5. The molecule has 0 bridgehead atoms. The molecule has 3 heterocycles. The summed E-state index contributed by atoms with van der Waals surface area (Å²) in [6.45, 7) is 3.79. The number of fused-ring (bicyclic) bond motifs is 1. The number of thiophene rings is 1. The van der Waals surface area contributed by atoms with Crippen molar-refractivity contribution in [3.63, 3.8) is 0 Å². The summed E-state index contributed by atoms with van der Waals surface area (Å²) in [5, 5.41) is 8.79. The molecule has 1 fully saturated rings. The number of benzene rings is 2. The Hall–Kier alpha value is -3.23. The SMILES string of the molecule is Cc1nn(Cc2ccc(F)cc2)c2sc(C(=O)Nc3cc(Cl)ccc3C(=O)N3CCCC3)cc12. The quantitative estimate of drug-likeness (QED) is 0.383. The zero-order chi connectivity index (χ0) is 23.8. The first kappa shape index (κ1) is 22.6. The maximum absolute atomic E-state index is 13.2. The van der Waals surface area contributed by atoms with Gasteiger partial charge >= 0.3 is 0 Å². The molecule has 0 atom stereocenters. The molecule has 1 saturated heterocycles. The zero-order valence-corrected chi connectivity index (χ0v) is 20.0. The summed E-state index contributed by atoms with van der Waals surface area (Å²) in [6, 6.07) is 13.0. The molecule has 2 amide bonds. The van der Waals surface area contributed by atoms with Crippen LogP contribution in [-0.4, -0.2) is 39.6 Å². The van der Waals surface area contributed by atoms with Crippen molar-refractivity contribution >= 4 is 50.7 Å². The number of aromatic nitrogens is 2. The van der Waals surface area contributed by atoms with Gasteiger partial charge in [-0.3, -0.25) is 14.3 Å². The van der Waals surface area contributed by atoms with Gasteiger partial charge in [0.1, 0.15) is 10.6 Å². The first-order chi connectivity index (χ1) is 16.4. The molecule has 4 aromatic rings. The molecular weight excluding hydrogens is 475 g/mol. The Morgan fingerprint density at radius 3 is 2.59 bits per heavy atom. The molecule has 0 unspecified atom stereocenters. The number of hydrogen-bond acceptors (Lipinski definition) is 4. The summed E-state index contributed by atoms with van der Waals surface area (Å²) < 4.78 is 15.1. The van der Waals surface area contributed by atoms with Crippen molar-refractivity contribution in [2.45, 2.75) is 26.3 Å². The Morgan fingerprint density at radius 2 is 1.85 bits per heavy atom. The Bertz CT molecular complexity index is 1390. The fourth-order valence-electron chi connectivity index (χ4n) is 4.18. The monoisotopic (exact) mass is 496 g/mol. The predicted octanol–water partition coefficient (Wildman–Crippen LogP) is 5.74. The number of nitrogens with zero attached hydrogens (tertiary/aromatic N) is 3. The number of likely N-dealkylation sites (tertiary alicyclic amines) is 1. The third-order valence-corrected chi connectivity index (χ3v) is 7.31. The summed E-state index contributed by atoms with van der Waals surface area (Å²) in [5.41, 5.74) is 2.55. The molecule has 34 heavy (non-hydrogen) atoms. The second-order valence-electron chi connectivity index (χ2n) is 8.34. The van der Waals surface area contributed by atoms with Crippen LogP contribution in [0.3, 0.4) is 0 Å². The summed E-state index contributed by atoms with van der Waals surface area (Å²) >= 11 is 7.50. The lowest BCUT2D eigenvalue weighted by Gasteiger charge is -2.18. The fourth-order valence-corrected chi connectivity index (χ4v) is 5.40. The van der Waals surface area contributed by atoms with Crippen LogP contribution in [0.5, 0.6) is 0 Å². The van der Waals surface area contributed by atoms with E-state index in [-0.39, 0.29) is 17.6 Å². The highest BCUT2D eigenvalue weighted by molar-refractivity contribution is 7.20. The van der Waals surface area contributed by atoms with Gasteiger partial charge in [0, 0.05) is 23.5 Å². The number of carbonyl (C=O) groups excluding carboxylic acids is 2. The van der Waals surface area contributed by atoms with Crippen molar-refractivity contribution in [2.24, 2.45) is 0 Å². The minimum atomic E-state index is -0.313. The number of aryl methyl sites for hydroxylation is 1. The van der Waals surface area contributed by atoms with Crippen LogP contribution < -0.4 is 5.32 Å². The Labute approximate surface area is 204 Å². The lowest BCUT2D eigenvalue weighted by Crippen LogP contribution is -2.28. The van der Waals surface area contributed by atoms with Gasteiger partial charge in [0.15, 0.2) is 0 Å². The molecule has 1 aliphatic rings. The van der Waals surface area contributed by atoms with E-state index < -0.39 is 0 Å². The minimum Gasteiger partial charge on any atom is -0.339 e. The molecular formula is C25H22ClFN4O2S. The van der Waals surface area contributed by atoms with Gasteiger partial charge in [0.05, 0.1) is 28.4 Å². The molecule has 6 nitrogen and oxygen atoms in total. The van der Waals surface area contributed by atoms with Crippen LogP contribution >= 0.6 is 22.9 Å². The minimum absolute atomic E-state index is 0.105. The summed E-state index contributed by atoms with van der Waals surface area (Å²) in [6.07, 6.45) is 1.97. The molecule has 0 spiro atoms. The second kappa shape index (κ2) is 9.19. The summed E-state index contributed by atoms with van der Waals surface area (Å²) in [7, 11) is 0. The van der Waals surface area contributed by atoms with Crippen molar-refractivity contribution in [3.05, 3.63) is 81.1 Å². The number of amides is 2. The number of carbonyl (C=O) groups is 2.